The number of fused-ring (bicyclic) bond motifs is 1. The average molecular weight is 226 g/mol. The van der Waals surface area contributed by atoms with Crippen LogP contribution in [0.5, 0.6) is 0 Å². The van der Waals surface area contributed by atoms with Crippen molar-refractivity contribution in [2.75, 3.05) is 0 Å². The zero-order valence-electron chi connectivity index (χ0n) is 6.87. The lowest BCUT2D eigenvalue weighted by Crippen LogP contribution is -1.93. The van der Waals surface area contributed by atoms with Crippen LogP contribution in [-0.4, -0.2) is 14.6 Å². The number of aromatic nitrogens is 3. The smallest absolute Gasteiger partial charge is 0.169 e. The van der Waals surface area contributed by atoms with Gasteiger partial charge in [0, 0.05) is 11.9 Å². The molecule has 2 rings (SSSR count). The van der Waals surface area contributed by atoms with Crippen LogP contribution in [0.4, 0.5) is 0 Å². The molecule has 0 aromatic carbocycles. The topological polar surface area (TPSA) is 30.2 Å². The molecule has 0 N–H and O–H groups in total. The third-order valence-corrected chi connectivity index (χ3v) is 2.74. The van der Waals surface area contributed by atoms with E-state index in [2.05, 4.69) is 26.0 Å². The molecule has 0 unspecified atom stereocenters. The van der Waals surface area contributed by atoms with Gasteiger partial charge in [-0.05, 0) is 35.8 Å². The minimum absolute atomic E-state index is 0.882. The van der Waals surface area contributed by atoms with Crippen molar-refractivity contribution < 1.29 is 0 Å². The Morgan fingerprint density at radius 3 is 2.83 bits per heavy atom. The number of hydrogen-bond donors (Lipinski definition) is 0. The van der Waals surface area contributed by atoms with Gasteiger partial charge in [0.15, 0.2) is 5.65 Å². The van der Waals surface area contributed by atoms with E-state index in [1.54, 1.807) is 6.20 Å². The molecule has 0 saturated carbocycles. The molecule has 0 atom stereocenters. The molecule has 0 bridgehead atoms. The average Bonchev–Trinajstić information content (AvgIpc) is 2.32. The Kier molecular flexibility index (Phi) is 1.65. The molecule has 4 heteroatoms. The molecule has 2 heterocycles. The Morgan fingerprint density at radius 2 is 2.17 bits per heavy atom. The van der Waals surface area contributed by atoms with Gasteiger partial charge in [-0.1, -0.05) is 0 Å². The lowest BCUT2D eigenvalue weighted by atomic mass is 10.4. The van der Waals surface area contributed by atoms with E-state index in [4.69, 9.17) is 0 Å². The van der Waals surface area contributed by atoms with E-state index in [1.807, 2.05) is 24.4 Å². The summed E-state index contributed by atoms with van der Waals surface area (Å²) in [5, 5.41) is 4.32. The Bertz CT molecular complexity index is 433. The van der Waals surface area contributed by atoms with Crippen LogP contribution in [0.3, 0.4) is 0 Å². The minimum Gasteiger partial charge on any atom is -0.236 e. The van der Waals surface area contributed by atoms with Gasteiger partial charge in [0.2, 0.25) is 0 Å². The van der Waals surface area contributed by atoms with E-state index in [9.17, 15) is 0 Å². The predicted octanol–water partition coefficient (Wildman–Crippen LogP) is 2.11. The van der Waals surface area contributed by atoms with Crippen LogP contribution in [0.15, 0.2) is 16.7 Å². The molecule has 2 aromatic heterocycles. The summed E-state index contributed by atoms with van der Waals surface area (Å²) in [7, 11) is 0. The maximum Gasteiger partial charge on any atom is 0.169 e. The maximum atomic E-state index is 4.32. The van der Waals surface area contributed by atoms with Crippen molar-refractivity contribution in [3.63, 3.8) is 0 Å². The molecule has 0 amide bonds. The normalized spacial score (nSPS) is 10.9. The molecular formula is C8H8BrN3. The van der Waals surface area contributed by atoms with E-state index in [-0.39, 0.29) is 0 Å². The summed E-state index contributed by atoms with van der Waals surface area (Å²) in [5.41, 5.74) is 2.94. The van der Waals surface area contributed by atoms with Gasteiger partial charge in [-0.3, -0.25) is 0 Å². The van der Waals surface area contributed by atoms with Crippen LogP contribution in [0, 0.1) is 13.8 Å². The first-order valence-corrected chi connectivity index (χ1v) is 4.46. The largest absolute Gasteiger partial charge is 0.236 e. The Morgan fingerprint density at radius 1 is 1.42 bits per heavy atom. The molecule has 0 aliphatic carbocycles. The number of aryl methyl sites for hydroxylation is 2. The fourth-order valence-corrected chi connectivity index (χ4v) is 1.49. The first-order valence-electron chi connectivity index (χ1n) is 3.66. The van der Waals surface area contributed by atoms with Crippen molar-refractivity contribution in [1.82, 2.24) is 14.6 Å². The molecule has 12 heavy (non-hydrogen) atoms. The second kappa shape index (κ2) is 2.55. The van der Waals surface area contributed by atoms with Gasteiger partial charge in [0.05, 0.1) is 10.2 Å². The monoisotopic (exact) mass is 225 g/mol. The molecule has 3 nitrogen and oxygen atoms in total. The zero-order chi connectivity index (χ0) is 8.72. The fourth-order valence-electron chi connectivity index (χ4n) is 1.14. The van der Waals surface area contributed by atoms with Crippen molar-refractivity contribution >= 4 is 21.6 Å². The van der Waals surface area contributed by atoms with E-state index < -0.39 is 0 Å². The van der Waals surface area contributed by atoms with Crippen molar-refractivity contribution in [1.29, 1.82) is 0 Å². The maximum absolute atomic E-state index is 4.32. The van der Waals surface area contributed by atoms with Crippen LogP contribution in [0.2, 0.25) is 0 Å². The van der Waals surface area contributed by atoms with E-state index in [1.165, 1.54) is 0 Å². The number of rotatable bonds is 0. The molecule has 62 valence electrons. The predicted molar refractivity (Wildman–Crippen MR) is 50.2 cm³/mol. The van der Waals surface area contributed by atoms with Crippen molar-refractivity contribution in [2.45, 2.75) is 13.8 Å². The summed E-state index contributed by atoms with van der Waals surface area (Å²) in [4.78, 5) is 4.22. The van der Waals surface area contributed by atoms with E-state index in [0.29, 0.717) is 0 Å². The molecule has 0 radical (unpaired) electrons. The first kappa shape index (κ1) is 7.73. The highest BCUT2D eigenvalue weighted by atomic mass is 79.9. The summed E-state index contributed by atoms with van der Waals surface area (Å²) < 4.78 is 2.81. The molecule has 2 aromatic rings. The highest BCUT2D eigenvalue weighted by molar-refractivity contribution is 9.10. The Hall–Kier alpha value is -0.900. The Labute approximate surface area is 78.6 Å². The summed E-state index contributed by atoms with van der Waals surface area (Å²) in [6.07, 6.45) is 1.79. The summed E-state index contributed by atoms with van der Waals surface area (Å²) >= 11 is 3.44. The minimum atomic E-state index is 0.882. The van der Waals surface area contributed by atoms with Gasteiger partial charge in [-0.15, -0.1) is 0 Å². The van der Waals surface area contributed by atoms with Crippen molar-refractivity contribution in [2.24, 2.45) is 0 Å². The summed E-state index contributed by atoms with van der Waals surface area (Å²) in [5.74, 6) is 0. The first-order chi connectivity index (χ1) is 5.70. The molecule has 0 aliphatic heterocycles. The molecular weight excluding hydrogens is 218 g/mol. The van der Waals surface area contributed by atoms with Gasteiger partial charge in [-0.25, -0.2) is 9.50 Å². The number of hydrogen-bond acceptors (Lipinski definition) is 2. The summed E-state index contributed by atoms with van der Waals surface area (Å²) in [6.45, 7) is 3.96. The van der Waals surface area contributed by atoms with Crippen LogP contribution in [-0.2, 0) is 0 Å². The summed E-state index contributed by atoms with van der Waals surface area (Å²) in [6, 6.07) is 1.94. The molecule has 0 saturated heterocycles. The standard InChI is InChI=1S/C8H8BrN3/c1-5-3-4-10-8-7(9)6(2)11-12(5)8/h3-4H,1-2H3. The highest BCUT2D eigenvalue weighted by Crippen LogP contribution is 2.20. The second-order valence-corrected chi connectivity index (χ2v) is 3.51. The lowest BCUT2D eigenvalue weighted by Gasteiger charge is -1.95. The molecule has 0 aliphatic rings. The van der Waals surface area contributed by atoms with Gasteiger partial charge in [-0.2, -0.15) is 5.10 Å². The van der Waals surface area contributed by atoms with Crippen molar-refractivity contribution in [3.8, 4) is 0 Å². The van der Waals surface area contributed by atoms with Crippen LogP contribution in [0.1, 0.15) is 11.4 Å². The zero-order valence-corrected chi connectivity index (χ0v) is 8.46. The Balaban J connectivity index is 2.95. The van der Waals surface area contributed by atoms with Gasteiger partial charge in [0.25, 0.3) is 0 Å². The third-order valence-electron chi connectivity index (χ3n) is 1.81. The van der Waals surface area contributed by atoms with Crippen molar-refractivity contribution in [3.05, 3.63) is 28.1 Å². The number of halogens is 1. The highest BCUT2D eigenvalue weighted by Gasteiger charge is 2.07. The quantitative estimate of drug-likeness (QED) is 0.688. The van der Waals surface area contributed by atoms with Crippen LogP contribution >= 0.6 is 15.9 Å². The van der Waals surface area contributed by atoms with Gasteiger partial charge >= 0.3 is 0 Å². The second-order valence-electron chi connectivity index (χ2n) is 2.72. The fraction of sp³-hybridized carbons (Fsp3) is 0.250. The third kappa shape index (κ3) is 0.948. The number of nitrogens with zero attached hydrogens (tertiary/aromatic N) is 3. The van der Waals surface area contributed by atoms with E-state index >= 15 is 0 Å². The van der Waals surface area contributed by atoms with Gasteiger partial charge < -0.3 is 0 Å². The SMILES string of the molecule is Cc1nn2c(C)ccnc2c1Br. The van der Waals surface area contributed by atoms with Crippen LogP contribution < -0.4 is 0 Å². The molecule has 0 spiro atoms. The van der Waals surface area contributed by atoms with Gasteiger partial charge in [0.1, 0.15) is 0 Å². The van der Waals surface area contributed by atoms with Crippen LogP contribution in [0.25, 0.3) is 5.65 Å². The lowest BCUT2D eigenvalue weighted by molar-refractivity contribution is 0.877. The molecule has 0 fully saturated rings. The van der Waals surface area contributed by atoms with E-state index in [0.717, 1.165) is 21.5 Å².